The molecule has 0 radical (unpaired) electrons. The first-order chi connectivity index (χ1) is 14.6. The first kappa shape index (κ1) is 22.2. The molecule has 1 N–H and O–H groups in total. The van der Waals surface area contributed by atoms with E-state index in [1.165, 1.54) is 51.4 Å². The highest BCUT2D eigenvalue weighted by Gasteiger charge is 2.77. The van der Waals surface area contributed by atoms with Gasteiger partial charge in [0.2, 0.25) is 0 Å². The molecule has 5 aliphatic rings. The van der Waals surface area contributed by atoms with E-state index in [4.69, 9.17) is 4.74 Å². The number of hydrogen-bond donors (Lipinski definition) is 1. The minimum absolute atomic E-state index is 0.302. The fourth-order valence-corrected chi connectivity index (χ4v) is 10.4. The van der Waals surface area contributed by atoms with Crippen molar-refractivity contribution in [1.82, 2.24) is 0 Å². The second-order valence-electron chi connectivity index (χ2n) is 13.0. The summed E-state index contributed by atoms with van der Waals surface area (Å²) in [5, 5.41) is 11.1. The average molecular weight is 427 g/mol. The Bertz CT molecular complexity index is 771. The monoisotopic (exact) mass is 426 g/mol. The standard InChI is InChI=1S/C29H46O2/c1-17(2)18(3)14-25(30)19(4)22-8-9-23-21-15-26(31-7)29-16-20(29)10-13-28(29,6)24(21)11-12-27(22,23)5/h19-26,30H,1,3,8-16H2,2,4-7H3/t19-,20+,21-,22+,23-,24-,25-,26+,27+,28+,29-/m0/s1. The SMILES string of the molecule is C=C(C)C(=C)C[C@H](O)[C@@H](C)[C@H]1CC[C@H]2[C@@H]3C[C@@H](OC)[C@]45C[C@H]4CC[C@]5(C)[C@H]3CC[C@]12C. The molecule has 2 nitrogen and oxygen atoms in total. The summed E-state index contributed by atoms with van der Waals surface area (Å²) in [5.74, 6) is 4.41. The molecule has 2 heteroatoms. The van der Waals surface area contributed by atoms with E-state index in [1.54, 1.807) is 0 Å². The van der Waals surface area contributed by atoms with Crippen LogP contribution < -0.4 is 0 Å². The zero-order chi connectivity index (χ0) is 22.3. The minimum Gasteiger partial charge on any atom is -0.392 e. The van der Waals surface area contributed by atoms with Gasteiger partial charge in [-0.15, -0.1) is 0 Å². The quantitative estimate of drug-likeness (QED) is 0.474. The summed E-state index contributed by atoms with van der Waals surface area (Å²) in [7, 11) is 1.99. The zero-order valence-electron chi connectivity index (χ0n) is 20.8. The molecular weight excluding hydrogens is 380 g/mol. The fourth-order valence-electron chi connectivity index (χ4n) is 10.4. The van der Waals surface area contributed by atoms with Crippen molar-refractivity contribution in [1.29, 1.82) is 0 Å². The van der Waals surface area contributed by atoms with Crippen molar-refractivity contribution in [3.8, 4) is 0 Å². The largest absolute Gasteiger partial charge is 0.392 e. The third kappa shape index (κ3) is 2.82. The third-order valence-electron chi connectivity index (χ3n) is 12.2. The third-order valence-corrected chi connectivity index (χ3v) is 12.2. The molecule has 0 aliphatic heterocycles. The summed E-state index contributed by atoms with van der Waals surface area (Å²) in [6, 6.07) is 0. The summed E-state index contributed by atoms with van der Waals surface area (Å²) in [6.45, 7) is 17.7. The molecule has 0 aromatic rings. The lowest BCUT2D eigenvalue weighted by Crippen LogP contribution is -2.57. The van der Waals surface area contributed by atoms with E-state index in [-0.39, 0.29) is 6.10 Å². The average Bonchev–Trinajstić information content (AvgIpc) is 3.24. The van der Waals surface area contributed by atoms with Gasteiger partial charge in [0.1, 0.15) is 0 Å². The van der Waals surface area contributed by atoms with Crippen molar-refractivity contribution >= 4 is 0 Å². The van der Waals surface area contributed by atoms with Gasteiger partial charge in [-0.05, 0) is 111 Å². The molecule has 5 saturated carbocycles. The van der Waals surface area contributed by atoms with E-state index in [9.17, 15) is 5.11 Å². The summed E-state index contributed by atoms with van der Waals surface area (Å²) in [4.78, 5) is 0. The smallest absolute Gasteiger partial charge is 0.0638 e. The van der Waals surface area contributed by atoms with Crippen LogP contribution in [-0.2, 0) is 4.74 Å². The number of aliphatic hydroxyl groups is 1. The van der Waals surface area contributed by atoms with Crippen molar-refractivity contribution in [2.45, 2.75) is 97.7 Å². The number of ether oxygens (including phenoxy) is 1. The topological polar surface area (TPSA) is 29.5 Å². The molecule has 5 aliphatic carbocycles. The van der Waals surface area contributed by atoms with Crippen molar-refractivity contribution < 1.29 is 9.84 Å². The number of allylic oxidation sites excluding steroid dienone is 1. The molecule has 0 aromatic carbocycles. The Labute approximate surface area is 190 Å². The zero-order valence-corrected chi connectivity index (χ0v) is 20.8. The van der Waals surface area contributed by atoms with Crippen molar-refractivity contribution in [3.63, 3.8) is 0 Å². The summed E-state index contributed by atoms with van der Waals surface area (Å²) < 4.78 is 6.27. The van der Waals surface area contributed by atoms with Gasteiger partial charge in [-0.25, -0.2) is 0 Å². The number of aliphatic hydroxyl groups excluding tert-OH is 1. The van der Waals surface area contributed by atoms with Gasteiger partial charge in [-0.2, -0.15) is 0 Å². The maximum atomic E-state index is 11.1. The molecule has 174 valence electrons. The van der Waals surface area contributed by atoms with Crippen LogP contribution in [-0.4, -0.2) is 24.4 Å². The van der Waals surface area contributed by atoms with Gasteiger partial charge in [-0.3, -0.25) is 0 Å². The van der Waals surface area contributed by atoms with Crippen LogP contribution >= 0.6 is 0 Å². The summed E-state index contributed by atoms with van der Waals surface area (Å²) in [5.41, 5.74) is 3.41. The second-order valence-corrected chi connectivity index (χ2v) is 13.0. The number of rotatable bonds is 6. The maximum Gasteiger partial charge on any atom is 0.0638 e. The molecule has 5 fully saturated rings. The highest BCUT2D eigenvalue weighted by molar-refractivity contribution is 5.26. The molecule has 5 rings (SSSR count). The van der Waals surface area contributed by atoms with Crippen LogP contribution in [0.4, 0.5) is 0 Å². The number of hydrogen-bond acceptors (Lipinski definition) is 2. The summed E-state index contributed by atoms with van der Waals surface area (Å²) in [6.07, 6.45) is 11.9. The molecule has 0 saturated heterocycles. The van der Waals surface area contributed by atoms with Gasteiger partial charge < -0.3 is 9.84 Å². The molecule has 0 unspecified atom stereocenters. The Morgan fingerprint density at radius 3 is 2.48 bits per heavy atom. The lowest BCUT2D eigenvalue weighted by molar-refractivity contribution is -0.162. The molecule has 31 heavy (non-hydrogen) atoms. The molecule has 11 atom stereocenters. The van der Waals surface area contributed by atoms with E-state index >= 15 is 0 Å². The van der Waals surface area contributed by atoms with E-state index in [2.05, 4.69) is 33.9 Å². The van der Waals surface area contributed by atoms with Gasteiger partial charge in [0.05, 0.1) is 12.2 Å². The van der Waals surface area contributed by atoms with Crippen molar-refractivity contribution in [2.75, 3.05) is 7.11 Å². The maximum absolute atomic E-state index is 11.1. The summed E-state index contributed by atoms with van der Waals surface area (Å²) >= 11 is 0. The van der Waals surface area contributed by atoms with Gasteiger partial charge in [0, 0.05) is 12.5 Å². The van der Waals surface area contributed by atoms with E-state index < -0.39 is 0 Å². The Morgan fingerprint density at radius 2 is 1.84 bits per heavy atom. The van der Waals surface area contributed by atoms with Crippen LogP contribution in [0.25, 0.3) is 0 Å². The number of methoxy groups -OCH3 is 1. The van der Waals surface area contributed by atoms with Crippen LogP contribution in [0.2, 0.25) is 0 Å². The Hall–Kier alpha value is -0.600. The lowest BCUT2D eigenvalue weighted by atomic mass is 9.45. The number of fused-ring (bicyclic) bond motifs is 4. The van der Waals surface area contributed by atoms with E-state index in [1.807, 2.05) is 14.0 Å². The first-order valence-corrected chi connectivity index (χ1v) is 13.1. The van der Waals surface area contributed by atoms with Crippen LogP contribution in [0.15, 0.2) is 24.3 Å². The Morgan fingerprint density at radius 1 is 1.10 bits per heavy atom. The molecule has 1 spiro atoms. The van der Waals surface area contributed by atoms with Crippen LogP contribution in [0, 0.1) is 51.8 Å². The van der Waals surface area contributed by atoms with Crippen molar-refractivity contribution in [2.24, 2.45) is 51.8 Å². The molecule has 0 heterocycles. The molecule has 0 bridgehead atoms. The van der Waals surface area contributed by atoms with E-state index in [0.717, 1.165) is 34.8 Å². The highest BCUT2D eigenvalue weighted by Crippen LogP contribution is 2.82. The Kier molecular flexibility index (Phi) is 5.16. The lowest BCUT2D eigenvalue weighted by Gasteiger charge is -2.61. The predicted octanol–water partition coefficient (Wildman–Crippen LogP) is 6.79. The van der Waals surface area contributed by atoms with Crippen LogP contribution in [0.3, 0.4) is 0 Å². The molecule has 0 aromatic heterocycles. The van der Waals surface area contributed by atoms with Gasteiger partial charge in [-0.1, -0.05) is 45.1 Å². The van der Waals surface area contributed by atoms with E-state index in [0.29, 0.717) is 40.6 Å². The van der Waals surface area contributed by atoms with Crippen LogP contribution in [0.1, 0.15) is 85.5 Å². The predicted molar refractivity (Wildman–Crippen MR) is 128 cm³/mol. The van der Waals surface area contributed by atoms with Gasteiger partial charge >= 0.3 is 0 Å². The molecule has 0 amide bonds. The van der Waals surface area contributed by atoms with Crippen molar-refractivity contribution in [3.05, 3.63) is 24.3 Å². The van der Waals surface area contributed by atoms with Crippen LogP contribution in [0.5, 0.6) is 0 Å². The highest BCUT2D eigenvalue weighted by atomic mass is 16.5. The first-order valence-electron chi connectivity index (χ1n) is 13.1. The van der Waals surface area contributed by atoms with Gasteiger partial charge in [0.25, 0.3) is 0 Å². The molecular formula is C29H46O2. The normalized spacial score (nSPS) is 51.8. The Balaban J connectivity index is 1.38. The minimum atomic E-state index is -0.302. The van der Waals surface area contributed by atoms with Gasteiger partial charge in [0.15, 0.2) is 0 Å². The second kappa shape index (κ2) is 7.20. The fraction of sp³-hybridized carbons (Fsp3) is 0.862.